The van der Waals surface area contributed by atoms with Gasteiger partial charge in [-0.15, -0.1) is 0 Å². The summed E-state index contributed by atoms with van der Waals surface area (Å²) in [6.45, 7) is 0. The minimum Gasteiger partial charge on any atom is -0.200 e. The molecule has 0 aliphatic heterocycles. The third-order valence-electron chi connectivity index (χ3n) is 1.54. The van der Waals surface area contributed by atoms with Crippen LogP contribution in [0.4, 0.5) is 26.3 Å². The molecule has 0 amide bonds. The molecule has 1 nitrogen and oxygen atoms in total. The number of halogens is 6. The summed E-state index contributed by atoms with van der Waals surface area (Å²) in [6, 6.07) is 0. The lowest BCUT2D eigenvalue weighted by Gasteiger charge is -1.99. The van der Waals surface area contributed by atoms with Crippen LogP contribution in [0.5, 0.6) is 0 Å². The first-order valence-electron chi connectivity index (χ1n) is 3.43. The van der Waals surface area contributed by atoms with Gasteiger partial charge in [0.05, 0.1) is 0 Å². The van der Waals surface area contributed by atoms with E-state index in [1.165, 1.54) is 0 Å². The molecule has 0 saturated heterocycles. The van der Waals surface area contributed by atoms with Crippen molar-refractivity contribution in [3.05, 3.63) is 29.1 Å². The summed E-state index contributed by atoms with van der Waals surface area (Å²) in [6.07, 6.45) is -1.70. The summed E-state index contributed by atoms with van der Waals surface area (Å²) in [5, 5.41) is -1.61. The fourth-order valence-corrected chi connectivity index (χ4v) is 1.63. The molecule has 0 N–H and O–H groups in total. The van der Waals surface area contributed by atoms with Crippen LogP contribution in [-0.2, 0) is 4.57 Å². The van der Waals surface area contributed by atoms with E-state index in [0.717, 1.165) is 0 Å². The van der Waals surface area contributed by atoms with Crippen molar-refractivity contribution >= 4 is 13.1 Å². The maximum Gasteiger partial charge on any atom is 0.416 e. The summed E-state index contributed by atoms with van der Waals surface area (Å²) >= 11 is 0. The Labute approximate surface area is 80.5 Å². The Balaban J connectivity index is 3.60. The van der Waals surface area contributed by atoms with Gasteiger partial charge in [-0.2, -0.15) is 13.2 Å². The predicted octanol–water partition coefficient (Wildman–Crippen LogP) is 2.76. The zero-order chi connectivity index (χ0) is 11.7. The molecule has 0 radical (unpaired) electrons. The smallest absolute Gasteiger partial charge is 0.200 e. The molecule has 0 aromatic heterocycles. The van der Waals surface area contributed by atoms with Crippen LogP contribution in [0.1, 0.15) is 0 Å². The molecule has 82 valence electrons. The van der Waals surface area contributed by atoms with Gasteiger partial charge < -0.3 is 0 Å². The van der Waals surface area contributed by atoms with Gasteiger partial charge in [-0.3, -0.25) is 0 Å². The van der Waals surface area contributed by atoms with E-state index in [1.54, 1.807) is 0 Å². The number of hydrogen-bond donors (Lipinski definition) is 0. The maximum absolute atomic E-state index is 12.8. The lowest BCUT2D eigenvalue weighted by atomic mass is 10.3. The van der Waals surface area contributed by atoms with Crippen LogP contribution >= 0.6 is 7.80 Å². The number of benzene rings is 1. The molecule has 0 heterocycles. The Hall–Kier alpha value is -1.10. The van der Waals surface area contributed by atoms with Gasteiger partial charge in [-0.1, -0.05) is 4.57 Å². The van der Waals surface area contributed by atoms with Crippen LogP contribution in [0.3, 0.4) is 0 Å². The van der Waals surface area contributed by atoms with Gasteiger partial charge in [-0.25, -0.2) is 13.2 Å². The molecule has 0 fully saturated rings. The Kier molecular flexibility index (Phi) is 3.34. The van der Waals surface area contributed by atoms with Crippen molar-refractivity contribution in [2.75, 3.05) is 6.42 Å². The van der Waals surface area contributed by atoms with Crippen molar-refractivity contribution in [1.29, 1.82) is 0 Å². The second kappa shape index (κ2) is 4.18. The molecule has 1 atom stereocenters. The Morgan fingerprint density at radius 1 is 0.800 bits per heavy atom. The van der Waals surface area contributed by atoms with Gasteiger partial charge in [0, 0.05) is 0 Å². The highest BCUT2D eigenvalue weighted by atomic mass is 31.1. The summed E-state index contributed by atoms with van der Waals surface area (Å²) in [4.78, 5) is 0. The molecule has 1 rings (SSSR count). The van der Waals surface area contributed by atoms with E-state index in [2.05, 4.69) is 0 Å². The monoisotopic (exact) mass is 247 g/mol. The minimum absolute atomic E-state index is 1.61. The quantitative estimate of drug-likeness (QED) is 0.340. The van der Waals surface area contributed by atoms with Crippen LogP contribution in [0, 0.1) is 29.1 Å². The minimum atomic E-state index is -3.27. The average molecular weight is 247 g/mol. The standard InChI is InChI=1S/C7H2F6OP/c8-1-15(14)7-5(12)3(10)2(9)4(11)6(7)13/h1H2/q+1. The van der Waals surface area contributed by atoms with E-state index >= 15 is 0 Å². The van der Waals surface area contributed by atoms with Crippen molar-refractivity contribution in [3.8, 4) is 0 Å². The van der Waals surface area contributed by atoms with E-state index in [4.69, 9.17) is 0 Å². The van der Waals surface area contributed by atoms with Crippen molar-refractivity contribution in [3.63, 3.8) is 0 Å². The normalized spacial score (nSPS) is 11.7. The van der Waals surface area contributed by atoms with E-state index in [0.29, 0.717) is 0 Å². The first-order valence-corrected chi connectivity index (χ1v) is 4.88. The average Bonchev–Trinajstić information content (AvgIpc) is 2.23. The highest BCUT2D eigenvalue weighted by Gasteiger charge is 2.37. The summed E-state index contributed by atoms with van der Waals surface area (Å²) in [7, 11) is -3.27. The highest BCUT2D eigenvalue weighted by Crippen LogP contribution is 2.27. The third-order valence-corrected chi connectivity index (χ3v) is 2.65. The van der Waals surface area contributed by atoms with Crippen LogP contribution in [-0.4, -0.2) is 6.42 Å². The molecule has 0 aliphatic rings. The van der Waals surface area contributed by atoms with Crippen LogP contribution in [0.2, 0.25) is 0 Å². The van der Waals surface area contributed by atoms with Crippen molar-refractivity contribution in [2.24, 2.45) is 0 Å². The Morgan fingerprint density at radius 2 is 1.13 bits per heavy atom. The highest BCUT2D eigenvalue weighted by molar-refractivity contribution is 7.53. The zero-order valence-corrected chi connectivity index (χ0v) is 7.72. The number of alkyl halides is 1. The van der Waals surface area contributed by atoms with E-state index < -0.39 is 48.6 Å². The van der Waals surface area contributed by atoms with Gasteiger partial charge in [0.2, 0.25) is 29.1 Å². The van der Waals surface area contributed by atoms with Crippen LogP contribution in [0.25, 0.3) is 0 Å². The van der Waals surface area contributed by atoms with Crippen molar-refractivity contribution < 1.29 is 30.9 Å². The van der Waals surface area contributed by atoms with Crippen molar-refractivity contribution in [1.82, 2.24) is 0 Å². The molecule has 0 bridgehead atoms. The first-order chi connectivity index (χ1) is 6.91. The van der Waals surface area contributed by atoms with E-state index in [1.807, 2.05) is 0 Å². The largest absolute Gasteiger partial charge is 0.416 e. The number of hydrogen-bond acceptors (Lipinski definition) is 1. The second-order valence-electron chi connectivity index (χ2n) is 2.42. The van der Waals surface area contributed by atoms with E-state index in [9.17, 15) is 30.9 Å². The summed E-state index contributed by atoms with van der Waals surface area (Å²) in [5.74, 6) is -11.4. The molecule has 15 heavy (non-hydrogen) atoms. The predicted molar refractivity (Wildman–Crippen MR) is 39.4 cm³/mol. The fourth-order valence-electron chi connectivity index (χ4n) is 0.872. The molecule has 8 heteroatoms. The first kappa shape index (κ1) is 12.0. The Bertz CT molecular complexity index is 403. The lowest BCUT2D eigenvalue weighted by molar-refractivity contribution is 0.383. The lowest BCUT2D eigenvalue weighted by Crippen LogP contribution is -2.17. The zero-order valence-electron chi connectivity index (χ0n) is 6.83. The van der Waals surface area contributed by atoms with Gasteiger partial charge in [0.15, 0.2) is 0 Å². The van der Waals surface area contributed by atoms with E-state index in [-0.39, 0.29) is 0 Å². The van der Waals surface area contributed by atoms with Gasteiger partial charge in [0.25, 0.3) is 11.7 Å². The number of rotatable bonds is 2. The topological polar surface area (TPSA) is 17.1 Å². The molecular weight excluding hydrogens is 245 g/mol. The third kappa shape index (κ3) is 1.84. The molecule has 1 aromatic rings. The maximum atomic E-state index is 12.8. The van der Waals surface area contributed by atoms with Crippen molar-refractivity contribution in [2.45, 2.75) is 0 Å². The summed E-state index contributed by atoms with van der Waals surface area (Å²) in [5.41, 5.74) is 0. The molecule has 1 aromatic carbocycles. The van der Waals surface area contributed by atoms with Gasteiger partial charge in [0.1, 0.15) is 0 Å². The molecule has 0 spiro atoms. The van der Waals surface area contributed by atoms with Gasteiger partial charge in [-0.05, 0) is 0 Å². The SMILES string of the molecule is O=[P+](CF)c1c(F)c(F)c(F)c(F)c1F. The molecule has 0 aliphatic carbocycles. The second-order valence-corrected chi connectivity index (χ2v) is 3.86. The summed E-state index contributed by atoms with van der Waals surface area (Å²) < 4.78 is 85.5. The molecule has 1 unspecified atom stereocenters. The molecule has 0 saturated carbocycles. The van der Waals surface area contributed by atoms with Gasteiger partial charge >= 0.3 is 7.80 Å². The van der Waals surface area contributed by atoms with Crippen LogP contribution < -0.4 is 5.30 Å². The molecular formula is C7H2F6OP+. The van der Waals surface area contributed by atoms with Crippen LogP contribution in [0.15, 0.2) is 0 Å². The Morgan fingerprint density at radius 3 is 1.47 bits per heavy atom. The fraction of sp³-hybridized carbons (Fsp3) is 0.143.